The Hall–Kier alpha value is -1.83. The van der Waals surface area contributed by atoms with Gasteiger partial charge in [-0.25, -0.2) is 4.98 Å². The van der Waals surface area contributed by atoms with Gasteiger partial charge in [-0.1, -0.05) is 31.5 Å². The summed E-state index contributed by atoms with van der Waals surface area (Å²) in [4.78, 5) is 4.57. The molecule has 0 atom stereocenters. The summed E-state index contributed by atoms with van der Waals surface area (Å²) in [7, 11) is 0. The van der Waals surface area contributed by atoms with E-state index in [-0.39, 0.29) is 0 Å². The maximum atomic E-state index is 4.57. The van der Waals surface area contributed by atoms with Gasteiger partial charge in [0, 0.05) is 6.42 Å². The molecule has 2 heteroatoms. The molecule has 0 fully saturated rings. The Bertz CT molecular complexity index is 708. The molecule has 0 aliphatic heterocycles. The van der Waals surface area contributed by atoms with Crippen molar-refractivity contribution in [1.82, 2.24) is 9.38 Å². The summed E-state index contributed by atoms with van der Waals surface area (Å²) < 4.78 is 2.29. The molecule has 2 nitrogen and oxygen atoms in total. The van der Waals surface area contributed by atoms with Gasteiger partial charge in [-0.2, -0.15) is 0 Å². The van der Waals surface area contributed by atoms with E-state index in [1.165, 1.54) is 22.0 Å². The molecule has 0 saturated heterocycles. The van der Waals surface area contributed by atoms with Crippen LogP contribution in [0.4, 0.5) is 0 Å². The second-order valence-electron chi connectivity index (χ2n) is 5.43. The number of nitrogens with zero attached hydrogens (tertiary/aromatic N) is 2. The molecule has 0 saturated carbocycles. The Morgan fingerprint density at radius 2 is 2.00 bits per heavy atom. The molecule has 0 N–H and O–H groups in total. The fraction of sp³-hybridized carbons (Fsp3) is 0.312. The molecule has 0 unspecified atom stereocenters. The van der Waals surface area contributed by atoms with Gasteiger partial charge in [0.2, 0.25) is 0 Å². The first kappa shape index (κ1) is 11.3. The smallest absolute Gasteiger partial charge is 0.113 e. The van der Waals surface area contributed by atoms with E-state index in [2.05, 4.69) is 60.5 Å². The number of imidazole rings is 1. The van der Waals surface area contributed by atoms with Crippen molar-refractivity contribution in [3.63, 3.8) is 0 Å². The third-order valence-corrected chi connectivity index (χ3v) is 3.31. The van der Waals surface area contributed by atoms with Gasteiger partial charge in [-0.3, -0.25) is 4.40 Å². The zero-order chi connectivity index (χ0) is 12.7. The van der Waals surface area contributed by atoms with E-state index in [0.29, 0.717) is 5.92 Å². The van der Waals surface area contributed by atoms with Gasteiger partial charge in [-0.05, 0) is 36.4 Å². The van der Waals surface area contributed by atoms with Crippen molar-refractivity contribution in [2.24, 2.45) is 5.92 Å². The number of aromatic nitrogens is 2. The van der Waals surface area contributed by atoms with Crippen LogP contribution in [0.15, 0.2) is 36.5 Å². The predicted molar refractivity (Wildman–Crippen MR) is 76.0 cm³/mol. The Morgan fingerprint density at radius 3 is 2.78 bits per heavy atom. The van der Waals surface area contributed by atoms with Crippen molar-refractivity contribution < 1.29 is 0 Å². The molecule has 2 heterocycles. The van der Waals surface area contributed by atoms with E-state index in [0.717, 1.165) is 12.2 Å². The highest BCUT2D eigenvalue weighted by Crippen LogP contribution is 2.21. The first-order chi connectivity index (χ1) is 8.65. The zero-order valence-corrected chi connectivity index (χ0v) is 11.1. The first-order valence-electron chi connectivity index (χ1n) is 6.51. The Labute approximate surface area is 107 Å². The standard InChI is InChI=1S/C16H18N2/c1-11(2)8-16-17-10-14-6-5-13-9-12(3)4-7-15(13)18(14)16/h4-7,9-11H,8H2,1-3H3. The fourth-order valence-corrected chi connectivity index (χ4v) is 2.50. The summed E-state index contributed by atoms with van der Waals surface area (Å²) in [6.45, 7) is 6.60. The summed E-state index contributed by atoms with van der Waals surface area (Å²) >= 11 is 0. The van der Waals surface area contributed by atoms with Crippen molar-refractivity contribution in [2.45, 2.75) is 27.2 Å². The largest absolute Gasteiger partial charge is 0.296 e. The van der Waals surface area contributed by atoms with Gasteiger partial charge in [0.1, 0.15) is 5.82 Å². The monoisotopic (exact) mass is 238 g/mol. The highest BCUT2D eigenvalue weighted by Gasteiger charge is 2.08. The number of fused-ring (bicyclic) bond motifs is 3. The average Bonchev–Trinajstić information content (AvgIpc) is 2.71. The summed E-state index contributed by atoms with van der Waals surface area (Å²) in [6.07, 6.45) is 2.98. The van der Waals surface area contributed by atoms with Crippen LogP contribution in [0.1, 0.15) is 25.2 Å². The normalized spacial score (nSPS) is 11.8. The van der Waals surface area contributed by atoms with E-state index < -0.39 is 0 Å². The quantitative estimate of drug-likeness (QED) is 0.659. The van der Waals surface area contributed by atoms with Crippen molar-refractivity contribution in [3.8, 4) is 0 Å². The SMILES string of the molecule is Cc1ccc2c(ccc3cnc(CC(C)C)n32)c1. The molecule has 92 valence electrons. The van der Waals surface area contributed by atoms with Gasteiger partial charge >= 0.3 is 0 Å². The molecular weight excluding hydrogens is 220 g/mol. The number of hydrogen-bond acceptors (Lipinski definition) is 1. The van der Waals surface area contributed by atoms with Crippen LogP contribution in [0, 0.1) is 12.8 Å². The highest BCUT2D eigenvalue weighted by molar-refractivity contribution is 5.83. The van der Waals surface area contributed by atoms with Gasteiger partial charge < -0.3 is 0 Å². The molecule has 0 spiro atoms. The average molecular weight is 238 g/mol. The van der Waals surface area contributed by atoms with Gasteiger partial charge in [0.15, 0.2) is 0 Å². The van der Waals surface area contributed by atoms with E-state index in [1.54, 1.807) is 0 Å². The minimum atomic E-state index is 0.622. The molecule has 0 amide bonds. The Morgan fingerprint density at radius 1 is 1.17 bits per heavy atom. The lowest BCUT2D eigenvalue weighted by Gasteiger charge is -2.08. The maximum Gasteiger partial charge on any atom is 0.113 e. The Balaban J connectivity index is 2.33. The molecule has 1 aromatic carbocycles. The van der Waals surface area contributed by atoms with E-state index in [4.69, 9.17) is 0 Å². The van der Waals surface area contributed by atoms with E-state index in [9.17, 15) is 0 Å². The first-order valence-corrected chi connectivity index (χ1v) is 6.51. The van der Waals surface area contributed by atoms with Crippen molar-refractivity contribution in [1.29, 1.82) is 0 Å². The number of rotatable bonds is 2. The van der Waals surface area contributed by atoms with Gasteiger partial charge in [0.25, 0.3) is 0 Å². The van der Waals surface area contributed by atoms with Crippen molar-refractivity contribution in [3.05, 3.63) is 47.9 Å². The minimum Gasteiger partial charge on any atom is -0.296 e. The lowest BCUT2D eigenvalue weighted by Crippen LogP contribution is -2.01. The Kier molecular flexibility index (Phi) is 2.58. The molecule has 3 rings (SSSR count). The molecular formula is C16H18N2. The second kappa shape index (κ2) is 4.13. The lowest BCUT2D eigenvalue weighted by molar-refractivity contribution is 0.621. The van der Waals surface area contributed by atoms with E-state index in [1.807, 2.05) is 6.20 Å². The molecule has 18 heavy (non-hydrogen) atoms. The minimum absolute atomic E-state index is 0.622. The summed E-state index contributed by atoms with van der Waals surface area (Å²) in [5.74, 6) is 1.78. The predicted octanol–water partition coefficient (Wildman–Crippen LogP) is 3.99. The number of benzene rings is 1. The van der Waals surface area contributed by atoms with E-state index >= 15 is 0 Å². The molecule has 2 aromatic heterocycles. The van der Waals surface area contributed by atoms with Crippen molar-refractivity contribution >= 4 is 16.4 Å². The molecule has 0 aliphatic carbocycles. The molecule has 0 aliphatic rings. The van der Waals surface area contributed by atoms with Crippen LogP contribution in [0.2, 0.25) is 0 Å². The summed E-state index contributed by atoms with van der Waals surface area (Å²) in [6, 6.07) is 10.9. The maximum absolute atomic E-state index is 4.57. The lowest BCUT2D eigenvalue weighted by atomic mass is 10.1. The topological polar surface area (TPSA) is 17.3 Å². The molecule has 0 radical (unpaired) electrons. The van der Waals surface area contributed by atoms with Gasteiger partial charge in [-0.15, -0.1) is 0 Å². The zero-order valence-electron chi connectivity index (χ0n) is 11.1. The van der Waals surface area contributed by atoms with Gasteiger partial charge in [0.05, 0.1) is 17.2 Å². The van der Waals surface area contributed by atoms with Crippen LogP contribution >= 0.6 is 0 Å². The third-order valence-electron chi connectivity index (χ3n) is 3.31. The molecule has 3 aromatic rings. The summed E-state index contributed by atoms with van der Waals surface area (Å²) in [5, 5.41) is 1.28. The van der Waals surface area contributed by atoms with Crippen molar-refractivity contribution in [2.75, 3.05) is 0 Å². The summed E-state index contributed by atoms with van der Waals surface area (Å²) in [5.41, 5.74) is 3.74. The van der Waals surface area contributed by atoms with Crippen LogP contribution in [-0.2, 0) is 6.42 Å². The second-order valence-corrected chi connectivity index (χ2v) is 5.43. The fourth-order valence-electron chi connectivity index (χ4n) is 2.50. The number of aryl methyl sites for hydroxylation is 1. The van der Waals surface area contributed by atoms with Crippen LogP contribution in [0.3, 0.4) is 0 Å². The molecule has 0 bridgehead atoms. The van der Waals surface area contributed by atoms with Crippen LogP contribution in [0.5, 0.6) is 0 Å². The number of hydrogen-bond donors (Lipinski definition) is 0. The third kappa shape index (κ3) is 1.78. The van der Waals surface area contributed by atoms with Crippen LogP contribution in [-0.4, -0.2) is 9.38 Å². The van der Waals surface area contributed by atoms with Crippen LogP contribution in [0.25, 0.3) is 16.4 Å². The number of pyridine rings is 1. The van der Waals surface area contributed by atoms with Crippen LogP contribution < -0.4 is 0 Å². The highest BCUT2D eigenvalue weighted by atomic mass is 15.0.